The van der Waals surface area contributed by atoms with Crippen molar-refractivity contribution in [3.63, 3.8) is 0 Å². The van der Waals surface area contributed by atoms with E-state index in [1.165, 1.54) is 36.3 Å². The summed E-state index contributed by atoms with van der Waals surface area (Å²) in [5.74, 6) is -1.57. The summed E-state index contributed by atoms with van der Waals surface area (Å²) in [5.41, 5.74) is 5.63. The van der Waals surface area contributed by atoms with Gasteiger partial charge in [0.2, 0.25) is 11.5 Å². The summed E-state index contributed by atoms with van der Waals surface area (Å²) in [7, 11) is 1.45. The third-order valence-corrected chi connectivity index (χ3v) is 3.23. The van der Waals surface area contributed by atoms with Crippen molar-refractivity contribution in [2.45, 2.75) is 0 Å². The van der Waals surface area contributed by atoms with Gasteiger partial charge in [0.1, 0.15) is 0 Å². The second-order valence-electron chi connectivity index (χ2n) is 5.06. The number of nitrogens with one attached hydrogen (secondary N) is 2. The number of nitrogens with zero attached hydrogens (tertiary/aromatic N) is 1. The van der Waals surface area contributed by atoms with E-state index in [9.17, 15) is 19.2 Å². The molecule has 1 aromatic carbocycles. The SMILES string of the molecule is CN(CC(=O)Nc1ccccc1C(N)=O)C(=O)c1ccc(=O)[nH]c1. The number of para-hydroxylation sites is 1. The maximum absolute atomic E-state index is 12.2. The van der Waals surface area contributed by atoms with Gasteiger partial charge in [-0.1, -0.05) is 12.1 Å². The van der Waals surface area contributed by atoms with Crippen LogP contribution in [0, 0.1) is 0 Å². The van der Waals surface area contributed by atoms with Crippen LogP contribution in [0.15, 0.2) is 47.4 Å². The number of benzene rings is 1. The minimum Gasteiger partial charge on any atom is -0.366 e. The first-order valence-corrected chi connectivity index (χ1v) is 7.01. The zero-order chi connectivity index (χ0) is 17.7. The molecule has 4 N–H and O–H groups in total. The summed E-state index contributed by atoms with van der Waals surface area (Å²) in [4.78, 5) is 50.1. The number of hydrogen-bond acceptors (Lipinski definition) is 4. The molecule has 2 aromatic rings. The van der Waals surface area contributed by atoms with Crippen molar-refractivity contribution in [2.75, 3.05) is 18.9 Å². The van der Waals surface area contributed by atoms with E-state index in [1.54, 1.807) is 18.2 Å². The number of carbonyl (C=O) groups excluding carboxylic acids is 3. The molecule has 2 rings (SSSR count). The Kier molecular flexibility index (Phi) is 5.10. The van der Waals surface area contributed by atoms with Crippen molar-refractivity contribution < 1.29 is 14.4 Å². The van der Waals surface area contributed by atoms with Gasteiger partial charge in [-0.25, -0.2) is 0 Å². The average molecular weight is 328 g/mol. The highest BCUT2D eigenvalue weighted by atomic mass is 16.2. The maximum Gasteiger partial charge on any atom is 0.255 e. The van der Waals surface area contributed by atoms with Gasteiger partial charge in [-0.2, -0.15) is 0 Å². The van der Waals surface area contributed by atoms with Gasteiger partial charge in [-0.15, -0.1) is 0 Å². The molecule has 0 saturated carbocycles. The molecule has 0 aliphatic carbocycles. The number of primary amides is 1. The summed E-state index contributed by atoms with van der Waals surface area (Å²) >= 11 is 0. The molecule has 0 unspecified atom stereocenters. The number of H-pyrrole nitrogens is 1. The number of anilines is 1. The Balaban J connectivity index is 2.04. The lowest BCUT2D eigenvalue weighted by molar-refractivity contribution is -0.116. The fraction of sp³-hybridized carbons (Fsp3) is 0.125. The summed E-state index contributed by atoms with van der Waals surface area (Å²) in [6.07, 6.45) is 1.28. The molecular weight excluding hydrogens is 312 g/mol. The molecule has 124 valence electrons. The van der Waals surface area contributed by atoms with E-state index in [0.29, 0.717) is 0 Å². The predicted molar refractivity (Wildman–Crippen MR) is 87.6 cm³/mol. The zero-order valence-electron chi connectivity index (χ0n) is 12.9. The lowest BCUT2D eigenvalue weighted by Gasteiger charge is -2.17. The van der Waals surface area contributed by atoms with Crippen LogP contribution >= 0.6 is 0 Å². The Hall–Kier alpha value is -3.42. The Morgan fingerprint density at radius 3 is 2.50 bits per heavy atom. The molecule has 3 amide bonds. The lowest BCUT2D eigenvalue weighted by Crippen LogP contribution is -2.35. The highest BCUT2D eigenvalue weighted by molar-refractivity contribution is 6.04. The number of aromatic amines is 1. The Labute approximate surface area is 137 Å². The van der Waals surface area contributed by atoms with E-state index in [1.807, 2.05) is 0 Å². The second kappa shape index (κ2) is 7.23. The summed E-state index contributed by atoms with van der Waals surface area (Å²) < 4.78 is 0. The maximum atomic E-state index is 12.2. The highest BCUT2D eigenvalue weighted by Crippen LogP contribution is 2.14. The minimum absolute atomic E-state index is 0.181. The van der Waals surface area contributed by atoms with E-state index >= 15 is 0 Å². The number of nitrogens with two attached hydrogens (primary N) is 1. The van der Waals surface area contributed by atoms with Crippen LogP contribution in [0.1, 0.15) is 20.7 Å². The van der Waals surface area contributed by atoms with Crippen LogP contribution in [-0.2, 0) is 4.79 Å². The molecule has 0 atom stereocenters. The first-order chi connectivity index (χ1) is 11.4. The summed E-state index contributed by atoms with van der Waals surface area (Å²) in [6.45, 7) is -0.231. The van der Waals surface area contributed by atoms with Gasteiger partial charge in [0, 0.05) is 19.3 Å². The van der Waals surface area contributed by atoms with Gasteiger partial charge in [-0.3, -0.25) is 19.2 Å². The van der Waals surface area contributed by atoms with Gasteiger partial charge in [0.15, 0.2) is 0 Å². The van der Waals surface area contributed by atoms with Gasteiger partial charge >= 0.3 is 0 Å². The van der Waals surface area contributed by atoms with Crippen LogP contribution < -0.4 is 16.6 Å². The highest BCUT2D eigenvalue weighted by Gasteiger charge is 2.16. The number of amides is 3. The number of hydrogen-bond donors (Lipinski definition) is 3. The van der Waals surface area contributed by atoms with Gasteiger partial charge < -0.3 is 20.9 Å². The monoisotopic (exact) mass is 328 g/mol. The standard InChI is InChI=1S/C16H16N4O4/c1-20(16(24)10-6-7-13(21)18-8-10)9-14(22)19-12-5-3-2-4-11(12)15(17)23/h2-8H,9H2,1H3,(H2,17,23)(H,18,21)(H,19,22). The quantitative estimate of drug-likeness (QED) is 0.724. The molecule has 8 nitrogen and oxygen atoms in total. The molecular formula is C16H16N4O4. The third kappa shape index (κ3) is 4.07. The number of aromatic nitrogens is 1. The fourth-order valence-corrected chi connectivity index (χ4v) is 2.05. The van der Waals surface area contributed by atoms with Crippen LogP contribution in [0.2, 0.25) is 0 Å². The Bertz CT molecular complexity index is 823. The van der Waals surface area contributed by atoms with Crippen LogP contribution in [0.3, 0.4) is 0 Å². The first-order valence-electron chi connectivity index (χ1n) is 7.01. The molecule has 0 fully saturated rings. The van der Waals surface area contributed by atoms with Gasteiger partial charge in [0.25, 0.3) is 11.8 Å². The lowest BCUT2D eigenvalue weighted by atomic mass is 10.1. The molecule has 0 bridgehead atoms. The molecule has 0 spiro atoms. The van der Waals surface area contributed by atoms with Crippen molar-refractivity contribution in [1.29, 1.82) is 0 Å². The predicted octanol–water partition coefficient (Wildman–Crippen LogP) is 0.185. The molecule has 24 heavy (non-hydrogen) atoms. The number of pyridine rings is 1. The van der Waals surface area contributed by atoms with Crippen molar-refractivity contribution in [3.8, 4) is 0 Å². The van der Waals surface area contributed by atoms with Gasteiger partial charge in [-0.05, 0) is 18.2 Å². The van der Waals surface area contributed by atoms with E-state index in [-0.39, 0.29) is 28.9 Å². The molecule has 0 aliphatic rings. The molecule has 1 heterocycles. The van der Waals surface area contributed by atoms with Crippen molar-refractivity contribution >= 4 is 23.4 Å². The first kappa shape index (κ1) is 16.9. The average Bonchev–Trinajstić information content (AvgIpc) is 2.55. The van der Waals surface area contributed by atoms with Crippen LogP contribution in [0.4, 0.5) is 5.69 Å². The molecule has 0 saturated heterocycles. The third-order valence-electron chi connectivity index (χ3n) is 3.23. The minimum atomic E-state index is -0.663. The summed E-state index contributed by atoms with van der Waals surface area (Å²) in [5, 5.41) is 2.55. The number of carbonyl (C=O) groups is 3. The van der Waals surface area contributed by atoms with E-state index in [0.717, 1.165) is 0 Å². The molecule has 0 aliphatic heterocycles. The van der Waals surface area contributed by atoms with Gasteiger partial charge in [0.05, 0.1) is 23.4 Å². The van der Waals surface area contributed by atoms with E-state index in [4.69, 9.17) is 5.73 Å². The Morgan fingerprint density at radius 1 is 1.17 bits per heavy atom. The molecule has 8 heteroatoms. The van der Waals surface area contributed by atoms with Crippen LogP contribution in [0.5, 0.6) is 0 Å². The molecule has 1 aromatic heterocycles. The van der Waals surface area contributed by atoms with E-state index < -0.39 is 17.7 Å². The number of rotatable bonds is 5. The van der Waals surface area contributed by atoms with Crippen LogP contribution in [-0.4, -0.2) is 41.2 Å². The zero-order valence-corrected chi connectivity index (χ0v) is 12.9. The fourth-order valence-electron chi connectivity index (χ4n) is 2.05. The molecule has 0 radical (unpaired) electrons. The number of likely N-dealkylation sites (N-methyl/N-ethyl adjacent to an activating group) is 1. The second-order valence-corrected chi connectivity index (χ2v) is 5.06. The topological polar surface area (TPSA) is 125 Å². The van der Waals surface area contributed by atoms with Crippen molar-refractivity contribution in [3.05, 3.63) is 64.1 Å². The van der Waals surface area contributed by atoms with Crippen LogP contribution in [0.25, 0.3) is 0 Å². The van der Waals surface area contributed by atoms with E-state index in [2.05, 4.69) is 10.3 Å². The smallest absolute Gasteiger partial charge is 0.255 e. The normalized spacial score (nSPS) is 10.0. The Morgan fingerprint density at radius 2 is 1.88 bits per heavy atom. The summed E-state index contributed by atoms with van der Waals surface area (Å²) in [6, 6.07) is 8.91. The van der Waals surface area contributed by atoms with Crippen molar-refractivity contribution in [2.24, 2.45) is 5.73 Å². The van der Waals surface area contributed by atoms with Crippen molar-refractivity contribution in [1.82, 2.24) is 9.88 Å². The largest absolute Gasteiger partial charge is 0.366 e.